The number of hydrogen-bond donors (Lipinski definition) is 5. The summed E-state index contributed by atoms with van der Waals surface area (Å²) in [5.74, 6) is -2.86. The monoisotopic (exact) mass is 515 g/mol. The van der Waals surface area contributed by atoms with E-state index in [2.05, 4.69) is 12.2 Å². The molecule has 0 spiro atoms. The Morgan fingerprint density at radius 1 is 1.08 bits per heavy atom. The van der Waals surface area contributed by atoms with Crippen LogP contribution in [0.1, 0.15) is 26.2 Å². The van der Waals surface area contributed by atoms with Crippen LogP contribution in [0.4, 0.5) is 9.18 Å². The Morgan fingerprint density at radius 2 is 1.58 bits per heavy atom. The molecule has 1 aliphatic carbocycles. The van der Waals surface area contributed by atoms with Crippen LogP contribution in [-0.2, 0) is 14.4 Å². The molecule has 3 fully saturated rings. The van der Waals surface area contributed by atoms with E-state index in [4.69, 9.17) is 25.7 Å². The van der Waals surface area contributed by atoms with E-state index in [0.29, 0.717) is 11.8 Å². The lowest BCUT2D eigenvalue weighted by atomic mass is 9.98. The van der Waals surface area contributed by atoms with Gasteiger partial charge in [-0.3, -0.25) is 4.79 Å². The highest BCUT2D eigenvalue weighted by Crippen LogP contribution is 2.43. The molecule has 0 aromatic heterocycles. The van der Waals surface area contributed by atoms with Crippen LogP contribution in [-0.4, -0.2) is 129 Å². The number of fused-ring (bicyclic) bond motifs is 1. The van der Waals surface area contributed by atoms with Crippen LogP contribution >= 0.6 is 0 Å². The number of nitrogens with one attached hydrogen (secondary N) is 1. The molecule has 3 amide bonds. The summed E-state index contributed by atoms with van der Waals surface area (Å²) in [6.07, 6.45) is -3.70. The number of rotatable bonds is 6. The number of urea groups is 1. The van der Waals surface area contributed by atoms with Gasteiger partial charge in [0.2, 0.25) is 5.91 Å². The quantitative estimate of drug-likeness (QED) is 0.284. The van der Waals surface area contributed by atoms with Gasteiger partial charge in [0, 0.05) is 39.1 Å². The Labute approximate surface area is 208 Å². The number of alkyl halides is 1. The van der Waals surface area contributed by atoms with Crippen molar-refractivity contribution >= 4 is 23.9 Å². The number of carboxylic acids is 2. The van der Waals surface area contributed by atoms with Gasteiger partial charge in [0.15, 0.2) is 12.2 Å². The highest BCUT2D eigenvalue weighted by Gasteiger charge is 2.48. The predicted molar refractivity (Wildman–Crippen MR) is 121 cm³/mol. The molecule has 3 rings (SSSR count). The highest BCUT2D eigenvalue weighted by molar-refractivity contribution is 5.83. The molecule has 6 atom stereocenters. The third kappa shape index (κ3) is 7.02. The molecule has 5 N–H and O–H groups in total. The maximum atomic E-state index is 13.5. The van der Waals surface area contributed by atoms with Crippen molar-refractivity contribution in [2.75, 3.05) is 40.3 Å². The van der Waals surface area contributed by atoms with Gasteiger partial charge in [0.25, 0.3) is 0 Å². The lowest BCUT2D eigenvalue weighted by Crippen LogP contribution is -2.49. The van der Waals surface area contributed by atoms with Gasteiger partial charge in [-0.15, -0.1) is 0 Å². The maximum absolute atomic E-state index is 13.5. The molecular formula is C22H34FN5O8. The Bertz CT molecular complexity index is 864. The zero-order chi connectivity index (χ0) is 27.4. The fraction of sp³-hybridized carbons (Fsp3) is 0.773. The van der Waals surface area contributed by atoms with Crippen LogP contribution in [0.15, 0.2) is 0 Å². The molecule has 13 nitrogen and oxygen atoms in total. The summed E-state index contributed by atoms with van der Waals surface area (Å²) < 4.78 is 13.5. The van der Waals surface area contributed by atoms with E-state index in [-0.39, 0.29) is 37.0 Å². The van der Waals surface area contributed by atoms with Crippen molar-refractivity contribution in [2.24, 2.45) is 11.8 Å². The predicted octanol–water partition coefficient (Wildman–Crippen LogP) is -1.30. The van der Waals surface area contributed by atoms with Gasteiger partial charge in [0.1, 0.15) is 12.2 Å². The molecule has 202 valence electrons. The molecule has 0 bridgehead atoms. The molecule has 0 aromatic carbocycles. The topological polar surface area (TPSA) is 195 Å². The first kappa shape index (κ1) is 29.2. The molecule has 6 unspecified atom stereocenters. The fourth-order valence-electron chi connectivity index (χ4n) is 5.07. The molecule has 2 heterocycles. The first-order valence-electron chi connectivity index (χ1n) is 11.5. The number of carbonyl (C=O) groups is 4. The van der Waals surface area contributed by atoms with Crippen LogP contribution in [0.3, 0.4) is 0 Å². The Kier molecular flexibility index (Phi) is 9.58. The van der Waals surface area contributed by atoms with Crippen molar-refractivity contribution in [2.45, 2.75) is 56.1 Å². The summed E-state index contributed by atoms with van der Waals surface area (Å²) in [5, 5.41) is 45.0. The summed E-state index contributed by atoms with van der Waals surface area (Å²) >= 11 is 0. The van der Waals surface area contributed by atoms with E-state index >= 15 is 0 Å². The molecule has 1 saturated carbocycles. The average molecular weight is 516 g/mol. The van der Waals surface area contributed by atoms with Crippen LogP contribution in [0.2, 0.25) is 0 Å². The lowest BCUT2D eigenvalue weighted by molar-refractivity contribution is -0.165. The Balaban J connectivity index is 0.000000388. The van der Waals surface area contributed by atoms with E-state index < -0.39 is 36.4 Å². The molecule has 2 aliphatic heterocycles. The van der Waals surface area contributed by atoms with Crippen molar-refractivity contribution in [1.29, 1.82) is 5.26 Å². The molecule has 0 radical (unpaired) electrons. The minimum absolute atomic E-state index is 0.0162. The van der Waals surface area contributed by atoms with Gasteiger partial charge >= 0.3 is 18.0 Å². The van der Waals surface area contributed by atoms with Gasteiger partial charge in [-0.25, -0.2) is 18.8 Å². The Hall–Kier alpha value is -3.02. The minimum Gasteiger partial charge on any atom is -0.479 e. The van der Waals surface area contributed by atoms with Gasteiger partial charge in [-0.05, 0) is 31.6 Å². The standard InChI is InChI=1S/C18H28FN5O2.C4H6O6/c1-18(21-8-16(25)24-11-14(19)4-15(24)7-20)5-12-9-23(10-13(12)6-18)17(26)22(2)3;5-1(3(7)8)2(6)4(9)10/h12-15,21H,4-6,8-11H2,1-3H3;1-2,5-6H,(H,7,8)(H,9,10). The maximum Gasteiger partial charge on any atom is 0.335 e. The number of amides is 3. The average Bonchev–Trinajstić information content (AvgIpc) is 3.46. The number of likely N-dealkylation sites (tertiary alicyclic amines) is 2. The highest BCUT2D eigenvalue weighted by atomic mass is 19.1. The van der Waals surface area contributed by atoms with Crippen LogP contribution < -0.4 is 5.32 Å². The summed E-state index contributed by atoms with van der Waals surface area (Å²) in [5.41, 5.74) is -0.158. The molecule has 3 aliphatic rings. The number of carboxylic acid groups (broad SMARTS) is 2. The molecule has 0 aromatic rings. The summed E-state index contributed by atoms with van der Waals surface area (Å²) in [4.78, 5) is 48.9. The normalized spacial score (nSPS) is 30.5. The second-order valence-electron chi connectivity index (χ2n) is 10.0. The smallest absolute Gasteiger partial charge is 0.335 e. The summed E-state index contributed by atoms with van der Waals surface area (Å²) in [6.45, 7) is 3.78. The van der Waals surface area contributed by atoms with Gasteiger partial charge in [-0.2, -0.15) is 5.26 Å². The van der Waals surface area contributed by atoms with Crippen LogP contribution in [0, 0.1) is 23.2 Å². The number of halogens is 1. The number of carbonyl (C=O) groups excluding carboxylic acids is 2. The number of nitrogens with zero attached hydrogens (tertiary/aromatic N) is 4. The summed E-state index contributed by atoms with van der Waals surface area (Å²) in [7, 11) is 3.53. The minimum atomic E-state index is -2.27. The number of nitriles is 1. The number of aliphatic hydroxyl groups is 2. The van der Waals surface area contributed by atoms with E-state index in [1.165, 1.54) is 4.90 Å². The van der Waals surface area contributed by atoms with E-state index in [1.807, 2.05) is 11.0 Å². The second kappa shape index (κ2) is 11.8. The fourth-order valence-corrected chi connectivity index (χ4v) is 5.07. The van der Waals surface area contributed by atoms with Gasteiger partial charge in [0.05, 0.1) is 19.2 Å². The third-order valence-corrected chi connectivity index (χ3v) is 6.85. The van der Waals surface area contributed by atoms with Crippen molar-refractivity contribution < 1.29 is 44.0 Å². The first-order valence-corrected chi connectivity index (χ1v) is 11.5. The van der Waals surface area contributed by atoms with Gasteiger partial charge in [-0.1, -0.05) is 0 Å². The van der Waals surface area contributed by atoms with Crippen molar-refractivity contribution in [1.82, 2.24) is 20.0 Å². The molecule has 2 saturated heterocycles. The summed E-state index contributed by atoms with van der Waals surface area (Å²) in [6, 6.07) is 1.42. The van der Waals surface area contributed by atoms with Crippen LogP contribution in [0.25, 0.3) is 0 Å². The number of aliphatic carboxylic acids is 2. The van der Waals surface area contributed by atoms with Crippen molar-refractivity contribution in [3.05, 3.63) is 0 Å². The molecule has 36 heavy (non-hydrogen) atoms. The molecular weight excluding hydrogens is 481 g/mol. The lowest BCUT2D eigenvalue weighted by Gasteiger charge is -2.30. The van der Waals surface area contributed by atoms with Crippen molar-refractivity contribution in [3.63, 3.8) is 0 Å². The number of aliphatic hydroxyl groups excluding tert-OH is 2. The van der Waals surface area contributed by atoms with Crippen molar-refractivity contribution in [3.8, 4) is 6.07 Å². The second-order valence-corrected chi connectivity index (χ2v) is 10.0. The van der Waals surface area contributed by atoms with E-state index in [0.717, 1.165) is 25.9 Å². The Morgan fingerprint density at radius 3 is 2.00 bits per heavy atom. The zero-order valence-electron chi connectivity index (χ0n) is 20.5. The third-order valence-electron chi connectivity index (χ3n) is 6.85. The van der Waals surface area contributed by atoms with Gasteiger partial charge < -0.3 is 40.4 Å². The zero-order valence-corrected chi connectivity index (χ0v) is 20.5. The largest absolute Gasteiger partial charge is 0.479 e. The number of hydrogen-bond acceptors (Lipinski definition) is 8. The van der Waals surface area contributed by atoms with Crippen LogP contribution in [0.5, 0.6) is 0 Å². The van der Waals surface area contributed by atoms with E-state index in [9.17, 15) is 23.6 Å². The molecule has 14 heteroatoms. The first-order chi connectivity index (χ1) is 16.7. The SMILES string of the molecule is CN(C)C(=O)N1CC2CC(C)(NCC(=O)N3CC(F)CC3C#N)CC2C1.O=C(O)C(O)C(O)C(=O)O. The van der Waals surface area contributed by atoms with E-state index in [1.54, 1.807) is 19.0 Å².